The fraction of sp³-hybridized carbons (Fsp3) is 0.500. The van der Waals surface area contributed by atoms with Crippen LogP contribution in [0.25, 0.3) is 0 Å². The van der Waals surface area contributed by atoms with Gasteiger partial charge in [0.2, 0.25) is 5.91 Å². The maximum absolute atomic E-state index is 12.2. The molecule has 0 spiro atoms. The lowest BCUT2D eigenvalue weighted by molar-refractivity contribution is -0.126. The summed E-state index contributed by atoms with van der Waals surface area (Å²) in [4.78, 5) is 12.2. The number of carbonyl (C=O) groups is 1. The van der Waals surface area contributed by atoms with Crippen molar-refractivity contribution in [1.29, 1.82) is 0 Å². The fourth-order valence-electron chi connectivity index (χ4n) is 2.74. The number of nitrogens with one attached hydrogen (secondary N) is 2. The molecule has 1 unspecified atom stereocenters. The highest BCUT2D eigenvalue weighted by Crippen LogP contribution is 2.33. The molecule has 1 saturated heterocycles. The van der Waals surface area contributed by atoms with Gasteiger partial charge in [0, 0.05) is 18.0 Å². The highest BCUT2D eigenvalue weighted by atomic mass is 16.5. The number of ether oxygens (including phenoxy) is 2. The number of carbonyl (C=O) groups excluding carboxylic acids is 1. The van der Waals surface area contributed by atoms with E-state index in [0.29, 0.717) is 24.6 Å². The minimum absolute atomic E-state index is 0.0315. The van der Waals surface area contributed by atoms with E-state index in [1.807, 2.05) is 25.1 Å². The highest BCUT2D eigenvalue weighted by molar-refractivity contribution is 5.78. The second-order valence-corrected chi connectivity index (χ2v) is 5.91. The van der Waals surface area contributed by atoms with Crippen molar-refractivity contribution in [1.82, 2.24) is 10.6 Å². The van der Waals surface area contributed by atoms with E-state index in [4.69, 9.17) is 9.47 Å². The molecule has 0 aromatic heterocycles. The molecule has 126 valence electrons. The fourth-order valence-corrected chi connectivity index (χ4v) is 2.74. The highest BCUT2D eigenvalue weighted by Gasteiger charge is 2.28. The van der Waals surface area contributed by atoms with E-state index in [9.17, 15) is 4.79 Å². The van der Waals surface area contributed by atoms with Crippen LogP contribution < -0.4 is 20.1 Å². The molecular formula is C18H26N2O3. The average Bonchev–Trinajstić information content (AvgIpc) is 2.50. The summed E-state index contributed by atoms with van der Waals surface area (Å²) in [5.41, 5.74) is 1.99. The number of methoxy groups -OCH3 is 2. The van der Waals surface area contributed by atoms with E-state index >= 15 is 0 Å². The Morgan fingerprint density at radius 1 is 1.43 bits per heavy atom. The number of benzene rings is 1. The van der Waals surface area contributed by atoms with E-state index in [2.05, 4.69) is 17.2 Å². The van der Waals surface area contributed by atoms with E-state index in [0.717, 1.165) is 30.0 Å². The van der Waals surface area contributed by atoms with E-state index in [1.165, 1.54) is 0 Å². The molecule has 1 amide bonds. The van der Waals surface area contributed by atoms with Crippen molar-refractivity contribution in [3.05, 3.63) is 35.9 Å². The number of amides is 1. The molecule has 5 heteroatoms. The van der Waals surface area contributed by atoms with Crippen LogP contribution in [0.3, 0.4) is 0 Å². The average molecular weight is 318 g/mol. The van der Waals surface area contributed by atoms with Gasteiger partial charge in [-0.3, -0.25) is 4.79 Å². The molecule has 0 bridgehead atoms. The molecule has 0 saturated carbocycles. The summed E-state index contributed by atoms with van der Waals surface area (Å²) < 4.78 is 10.8. The van der Waals surface area contributed by atoms with Gasteiger partial charge in [0.1, 0.15) is 0 Å². The zero-order chi connectivity index (χ0) is 16.8. The Hall–Kier alpha value is -2.01. The molecule has 1 aliphatic rings. The Morgan fingerprint density at radius 3 is 2.70 bits per heavy atom. The standard InChI is InChI=1S/C18H26N2O3/c1-5-6-14-7-13(8-16(22-3)17(14)23-4)9-20-18(21)12(2)15-10-19-11-15/h5,7-8,12,15,19H,1,6,9-11H2,2-4H3,(H,20,21). The number of hydrogen-bond donors (Lipinski definition) is 2. The molecule has 1 heterocycles. The monoisotopic (exact) mass is 318 g/mol. The summed E-state index contributed by atoms with van der Waals surface area (Å²) >= 11 is 0. The molecule has 1 fully saturated rings. The minimum atomic E-state index is 0.0315. The van der Waals surface area contributed by atoms with Crippen molar-refractivity contribution >= 4 is 5.91 Å². The lowest BCUT2D eigenvalue weighted by Crippen LogP contribution is -2.49. The van der Waals surface area contributed by atoms with Gasteiger partial charge in [-0.25, -0.2) is 0 Å². The van der Waals surface area contributed by atoms with Gasteiger partial charge in [-0.15, -0.1) is 6.58 Å². The third-order valence-electron chi connectivity index (χ3n) is 4.38. The number of hydrogen-bond acceptors (Lipinski definition) is 4. The molecule has 1 aromatic rings. The van der Waals surface area contributed by atoms with Crippen molar-refractivity contribution in [3.63, 3.8) is 0 Å². The normalized spacial score (nSPS) is 15.4. The molecule has 1 aliphatic heterocycles. The number of allylic oxidation sites excluding steroid dienone is 1. The van der Waals surface area contributed by atoms with Gasteiger partial charge in [0.05, 0.1) is 14.2 Å². The van der Waals surface area contributed by atoms with Gasteiger partial charge in [-0.05, 0) is 43.1 Å². The quantitative estimate of drug-likeness (QED) is 0.719. The second kappa shape index (κ2) is 8.02. The second-order valence-electron chi connectivity index (χ2n) is 5.91. The maximum atomic E-state index is 12.2. The first-order chi connectivity index (χ1) is 11.1. The molecule has 0 radical (unpaired) electrons. The van der Waals surface area contributed by atoms with Crippen LogP contribution >= 0.6 is 0 Å². The van der Waals surface area contributed by atoms with Gasteiger partial charge < -0.3 is 20.1 Å². The first-order valence-corrected chi connectivity index (χ1v) is 7.93. The van der Waals surface area contributed by atoms with Crippen molar-refractivity contribution in [2.24, 2.45) is 11.8 Å². The van der Waals surface area contributed by atoms with E-state index < -0.39 is 0 Å². The predicted octanol–water partition coefficient (Wildman–Crippen LogP) is 1.90. The summed E-state index contributed by atoms with van der Waals surface area (Å²) in [6, 6.07) is 3.93. The zero-order valence-corrected chi connectivity index (χ0v) is 14.1. The molecule has 1 atom stereocenters. The summed E-state index contributed by atoms with van der Waals surface area (Å²) in [5, 5.41) is 6.22. The van der Waals surface area contributed by atoms with Crippen molar-refractivity contribution in [3.8, 4) is 11.5 Å². The van der Waals surface area contributed by atoms with Crippen LogP contribution in [0.5, 0.6) is 11.5 Å². The Morgan fingerprint density at radius 2 is 2.17 bits per heavy atom. The molecule has 23 heavy (non-hydrogen) atoms. The summed E-state index contributed by atoms with van der Waals surface area (Å²) in [6.07, 6.45) is 2.51. The summed E-state index contributed by atoms with van der Waals surface area (Å²) in [7, 11) is 3.24. The lowest BCUT2D eigenvalue weighted by atomic mass is 9.88. The van der Waals surface area contributed by atoms with Gasteiger partial charge in [0.25, 0.3) is 0 Å². The van der Waals surface area contributed by atoms with Gasteiger partial charge in [-0.2, -0.15) is 0 Å². The Labute approximate surface area is 138 Å². The van der Waals surface area contributed by atoms with E-state index in [1.54, 1.807) is 14.2 Å². The van der Waals surface area contributed by atoms with Crippen LogP contribution in [0.15, 0.2) is 24.8 Å². The van der Waals surface area contributed by atoms with Crippen LogP contribution in [-0.4, -0.2) is 33.2 Å². The third-order valence-corrected chi connectivity index (χ3v) is 4.38. The first kappa shape index (κ1) is 17.3. The maximum Gasteiger partial charge on any atom is 0.223 e. The molecule has 2 N–H and O–H groups in total. The van der Waals surface area contributed by atoms with Crippen LogP contribution in [0.1, 0.15) is 18.1 Å². The van der Waals surface area contributed by atoms with Crippen molar-refractivity contribution < 1.29 is 14.3 Å². The Balaban J connectivity index is 2.07. The van der Waals surface area contributed by atoms with Gasteiger partial charge in [0.15, 0.2) is 11.5 Å². The van der Waals surface area contributed by atoms with E-state index in [-0.39, 0.29) is 11.8 Å². The van der Waals surface area contributed by atoms with Gasteiger partial charge in [-0.1, -0.05) is 13.0 Å². The van der Waals surface area contributed by atoms with Gasteiger partial charge >= 0.3 is 0 Å². The first-order valence-electron chi connectivity index (χ1n) is 7.93. The summed E-state index contributed by atoms with van der Waals surface area (Å²) in [6.45, 7) is 8.09. The third kappa shape index (κ3) is 4.05. The Kier molecular flexibility index (Phi) is 6.04. The van der Waals surface area contributed by atoms with Crippen molar-refractivity contribution in [2.75, 3.05) is 27.3 Å². The predicted molar refractivity (Wildman–Crippen MR) is 90.8 cm³/mol. The molecule has 0 aliphatic carbocycles. The molecule has 1 aromatic carbocycles. The number of rotatable bonds is 8. The SMILES string of the molecule is C=CCc1cc(CNC(=O)C(C)C2CNC2)cc(OC)c1OC. The van der Waals surface area contributed by atoms with Crippen LogP contribution in [0, 0.1) is 11.8 Å². The molecule has 2 rings (SSSR count). The smallest absolute Gasteiger partial charge is 0.223 e. The van der Waals surface area contributed by atoms with Crippen LogP contribution in [0.4, 0.5) is 0 Å². The van der Waals surface area contributed by atoms with Crippen molar-refractivity contribution in [2.45, 2.75) is 19.9 Å². The Bertz CT molecular complexity index is 568. The molecular weight excluding hydrogens is 292 g/mol. The topological polar surface area (TPSA) is 59.6 Å². The largest absolute Gasteiger partial charge is 0.493 e. The molecule has 5 nitrogen and oxygen atoms in total. The van der Waals surface area contributed by atoms with Crippen LogP contribution in [-0.2, 0) is 17.8 Å². The summed E-state index contributed by atoms with van der Waals surface area (Å²) in [5.74, 6) is 1.96. The lowest BCUT2D eigenvalue weighted by Gasteiger charge is -2.31. The minimum Gasteiger partial charge on any atom is -0.493 e. The zero-order valence-electron chi connectivity index (χ0n) is 14.1. The van der Waals surface area contributed by atoms with Crippen LogP contribution in [0.2, 0.25) is 0 Å².